The standard InChI is InChI=1S/C38H48Cl2N8O5/c1-23-31(43-36(49)53-37(2,3)4)38(22-52-23)15-18-47(19-16-38)35-32(40)42-30-29(45-48(34(30)44-35)27-9-7-8-20-51-27)26-14-17-41-33(28(26)39)46(5)21-24-10-12-25(50-6)13-11-24/h10-14,17,23,27,31H,7-9,15-16,18-22H2,1-6H3,(H,43,49)/t23-,27?,31+/m0/s1. The second-order valence-electron chi connectivity index (χ2n) is 15.3. The van der Waals surface area contributed by atoms with Gasteiger partial charge in [0.25, 0.3) is 0 Å². The molecule has 1 aromatic carbocycles. The number of rotatable bonds is 8. The quantitative estimate of drug-likeness (QED) is 0.192. The number of benzene rings is 1. The maximum atomic E-state index is 12.8. The number of carbonyl (C=O) groups is 1. The summed E-state index contributed by atoms with van der Waals surface area (Å²) in [5.74, 6) is 1.99. The molecule has 3 aromatic heterocycles. The number of hydrogen-bond donors (Lipinski definition) is 1. The number of halogens is 2. The van der Waals surface area contributed by atoms with E-state index in [0.717, 1.165) is 43.4 Å². The fraction of sp³-hybridized carbons (Fsp3) is 0.553. The molecule has 3 aliphatic rings. The molecular weight excluding hydrogens is 719 g/mol. The highest BCUT2D eigenvalue weighted by Crippen LogP contribution is 2.45. The molecule has 1 unspecified atom stereocenters. The van der Waals surface area contributed by atoms with Crippen molar-refractivity contribution in [3.8, 4) is 17.0 Å². The van der Waals surface area contributed by atoms with E-state index < -0.39 is 11.7 Å². The summed E-state index contributed by atoms with van der Waals surface area (Å²) in [5, 5.41) is 8.93. The maximum Gasteiger partial charge on any atom is 0.407 e. The number of pyridine rings is 1. The molecule has 3 aliphatic heterocycles. The highest BCUT2D eigenvalue weighted by atomic mass is 35.5. The molecule has 15 heteroatoms. The van der Waals surface area contributed by atoms with Crippen LogP contribution in [0.5, 0.6) is 5.75 Å². The Bertz CT molecular complexity index is 1940. The van der Waals surface area contributed by atoms with Gasteiger partial charge in [-0.15, -0.1) is 0 Å². The Morgan fingerprint density at radius 3 is 2.53 bits per heavy atom. The van der Waals surface area contributed by atoms with Gasteiger partial charge in [-0.05, 0) is 83.6 Å². The van der Waals surface area contributed by atoms with Crippen molar-refractivity contribution in [2.24, 2.45) is 5.41 Å². The van der Waals surface area contributed by atoms with Crippen LogP contribution in [-0.4, -0.2) is 89.0 Å². The lowest BCUT2D eigenvalue weighted by molar-refractivity contribution is -0.0368. The first-order valence-electron chi connectivity index (χ1n) is 18.3. The number of aromatic nitrogens is 5. The molecule has 1 N–H and O–H groups in total. The van der Waals surface area contributed by atoms with Crippen molar-refractivity contribution in [2.45, 2.75) is 90.3 Å². The summed E-state index contributed by atoms with van der Waals surface area (Å²) in [4.78, 5) is 31.7. The highest BCUT2D eigenvalue weighted by Gasteiger charge is 2.51. The molecular formula is C38H48Cl2N8O5. The predicted octanol–water partition coefficient (Wildman–Crippen LogP) is 7.44. The number of fused-ring (bicyclic) bond motifs is 1. The van der Waals surface area contributed by atoms with E-state index in [1.165, 1.54) is 0 Å². The monoisotopic (exact) mass is 766 g/mol. The van der Waals surface area contributed by atoms with Gasteiger partial charge in [-0.2, -0.15) is 5.10 Å². The van der Waals surface area contributed by atoms with Gasteiger partial charge in [0.15, 0.2) is 22.8 Å². The largest absolute Gasteiger partial charge is 0.497 e. The van der Waals surface area contributed by atoms with E-state index >= 15 is 0 Å². The van der Waals surface area contributed by atoms with Gasteiger partial charge in [-0.25, -0.2) is 24.4 Å². The Labute approximate surface area is 320 Å². The van der Waals surface area contributed by atoms with Crippen LogP contribution in [0.2, 0.25) is 10.2 Å². The van der Waals surface area contributed by atoms with Crippen LogP contribution in [0.4, 0.5) is 16.4 Å². The lowest BCUT2D eigenvalue weighted by Gasteiger charge is -2.43. The zero-order valence-corrected chi connectivity index (χ0v) is 32.7. The van der Waals surface area contributed by atoms with Crippen LogP contribution < -0.4 is 19.9 Å². The fourth-order valence-electron chi connectivity index (χ4n) is 7.69. The van der Waals surface area contributed by atoms with Gasteiger partial charge in [0.05, 0.1) is 30.9 Å². The first-order valence-corrected chi connectivity index (χ1v) is 19.0. The van der Waals surface area contributed by atoms with E-state index in [1.54, 1.807) is 13.3 Å². The molecule has 3 atom stereocenters. The molecule has 13 nitrogen and oxygen atoms in total. The zero-order chi connectivity index (χ0) is 37.5. The number of hydrogen-bond acceptors (Lipinski definition) is 11. The molecule has 53 heavy (non-hydrogen) atoms. The smallest absolute Gasteiger partial charge is 0.407 e. The van der Waals surface area contributed by atoms with E-state index in [9.17, 15) is 4.79 Å². The van der Waals surface area contributed by atoms with E-state index in [4.69, 9.17) is 57.2 Å². The van der Waals surface area contributed by atoms with Crippen LogP contribution in [0.25, 0.3) is 22.4 Å². The average molecular weight is 768 g/mol. The Kier molecular flexibility index (Phi) is 10.6. The van der Waals surface area contributed by atoms with Crippen molar-refractivity contribution in [3.63, 3.8) is 0 Å². The van der Waals surface area contributed by atoms with Crippen LogP contribution in [0, 0.1) is 5.41 Å². The number of alkyl carbamates (subject to hydrolysis) is 1. The van der Waals surface area contributed by atoms with Gasteiger partial charge >= 0.3 is 6.09 Å². The molecule has 4 aromatic rings. The maximum absolute atomic E-state index is 12.8. The first-order chi connectivity index (χ1) is 25.4. The summed E-state index contributed by atoms with van der Waals surface area (Å²) in [5.41, 5.74) is 2.61. The van der Waals surface area contributed by atoms with Crippen molar-refractivity contribution in [3.05, 3.63) is 52.3 Å². The van der Waals surface area contributed by atoms with Crippen LogP contribution in [0.3, 0.4) is 0 Å². The van der Waals surface area contributed by atoms with Gasteiger partial charge in [-0.1, -0.05) is 35.3 Å². The summed E-state index contributed by atoms with van der Waals surface area (Å²) in [7, 11) is 3.60. The van der Waals surface area contributed by atoms with Crippen molar-refractivity contribution >= 4 is 52.1 Å². The summed E-state index contributed by atoms with van der Waals surface area (Å²) >= 11 is 14.2. The van der Waals surface area contributed by atoms with Crippen molar-refractivity contribution in [2.75, 3.05) is 50.3 Å². The molecule has 1 amide bonds. The first kappa shape index (κ1) is 37.4. The lowest BCUT2D eigenvalue weighted by atomic mass is 9.73. The molecule has 1 spiro atoms. The van der Waals surface area contributed by atoms with Crippen LogP contribution >= 0.6 is 23.2 Å². The molecule has 6 heterocycles. The van der Waals surface area contributed by atoms with E-state index in [1.807, 2.05) is 74.7 Å². The minimum atomic E-state index is -0.592. The number of nitrogens with one attached hydrogen (secondary N) is 1. The van der Waals surface area contributed by atoms with Crippen molar-refractivity contribution < 1.29 is 23.7 Å². The van der Waals surface area contributed by atoms with Crippen molar-refractivity contribution in [1.82, 2.24) is 30.0 Å². The van der Waals surface area contributed by atoms with Gasteiger partial charge in [0.2, 0.25) is 0 Å². The Morgan fingerprint density at radius 2 is 1.85 bits per heavy atom. The van der Waals surface area contributed by atoms with E-state index in [-0.39, 0.29) is 28.9 Å². The SMILES string of the molecule is COc1ccc(CN(C)c2nccc(-c3nn(C4CCCCO4)c4nc(N5CCC6(CC5)CO[C@@H](C)[C@H]6NC(=O)OC(C)(C)C)c(Cl)nc34)c2Cl)cc1. The molecule has 7 rings (SSSR count). The Balaban J connectivity index is 1.18. The number of piperidine rings is 1. The third-order valence-electron chi connectivity index (χ3n) is 10.5. The molecule has 3 fully saturated rings. The number of methoxy groups -OCH3 is 1. The number of amides is 1. The summed E-state index contributed by atoms with van der Waals surface area (Å²) in [6, 6.07) is 9.57. The Hall–Kier alpha value is -3.91. The minimum Gasteiger partial charge on any atom is -0.497 e. The predicted molar refractivity (Wildman–Crippen MR) is 205 cm³/mol. The second kappa shape index (κ2) is 15.1. The average Bonchev–Trinajstić information content (AvgIpc) is 3.64. The van der Waals surface area contributed by atoms with Crippen molar-refractivity contribution in [1.29, 1.82) is 0 Å². The topological polar surface area (TPSA) is 129 Å². The molecule has 0 radical (unpaired) electrons. The second-order valence-corrected chi connectivity index (χ2v) is 16.1. The normalized spacial score (nSPS) is 21.6. The fourth-order valence-corrected chi connectivity index (χ4v) is 8.28. The highest BCUT2D eigenvalue weighted by molar-refractivity contribution is 6.36. The van der Waals surface area contributed by atoms with E-state index in [0.29, 0.717) is 71.9 Å². The van der Waals surface area contributed by atoms with Crippen LogP contribution in [0.15, 0.2) is 36.5 Å². The molecule has 284 valence electrons. The summed E-state index contributed by atoms with van der Waals surface area (Å²) in [6.07, 6.45) is 5.20. The minimum absolute atomic E-state index is 0.139. The number of ether oxygens (including phenoxy) is 4. The Morgan fingerprint density at radius 1 is 1.09 bits per heavy atom. The zero-order valence-electron chi connectivity index (χ0n) is 31.2. The molecule has 0 saturated carbocycles. The number of anilines is 2. The van der Waals surface area contributed by atoms with Crippen LogP contribution in [-0.2, 0) is 20.8 Å². The number of carbonyl (C=O) groups excluding carboxylic acids is 1. The molecule has 0 aliphatic carbocycles. The van der Waals surface area contributed by atoms with Gasteiger partial charge in [0, 0.05) is 50.5 Å². The third kappa shape index (κ3) is 7.71. The lowest BCUT2D eigenvalue weighted by Crippen LogP contribution is -2.55. The van der Waals surface area contributed by atoms with Gasteiger partial charge in [0.1, 0.15) is 28.4 Å². The molecule has 0 bridgehead atoms. The summed E-state index contributed by atoms with van der Waals surface area (Å²) in [6.45, 7) is 10.7. The van der Waals surface area contributed by atoms with Gasteiger partial charge < -0.3 is 34.1 Å². The molecule has 3 saturated heterocycles. The van der Waals surface area contributed by atoms with Gasteiger partial charge in [-0.3, -0.25) is 0 Å². The third-order valence-corrected chi connectivity index (χ3v) is 11.1. The van der Waals surface area contributed by atoms with E-state index in [2.05, 4.69) is 15.2 Å². The summed E-state index contributed by atoms with van der Waals surface area (Å²) < 4.78 is 25.1. The van der Waals surface area contributed by atoms with Crippen LogP contribution in [0.1, 0.15) is 71.6 Å². The number of nitrogens with zero attached hydrogens (tertiary/aromatic N) is 7.